The van der Waals surface area contributed by atoms with E-state index in [1.165, 1.54) is 32.2 Å². The van der Waals surface area contributed by atoms with Crippen LogP contribution in [-0.2, 0) is 4.74 Å². The van der Waals surface area contributed by atoms with E-state index in [0.717, 1.165) is 51.7 Å². The fourth-order valence-corrected chi connectivity index (χ4v) is 4.69. The van der Waals surface area contributed by atoms with Gasteiger partial charge in [0.05, 0.1) is 12.7 Å². The van der Waals surface area contributed by atoms with Crippen molar-refractivity contribution in [2.45, 2.75) is 45.1 Å². The van der Waals surface area contributed by atoms with Gasteiger partial charge in [0.2, 0.25) is 0 Å². The molecule has 3 rings (SSSR count). The quantitative estimate of drug-likeness (QED) is 0.729. The average molecular weight is 296 g/mol. The van der Waals surface area contributed by atoms with Crippen LogP contribution in [0, 0.1) is 17.3 Å². The van der Waals surface area contributed by atoms with Gasteiger partial charge in [-0.3, -0.25) is 0 Å². The summed E-state index contributed by atoms with van der Waals surface area (Å²) >= 11 is 0. The van der Waals surface area contributed by atoms with E-state index in [0.29, 0.717) is 5.92 Å². The first kappa shape index (κ1) is 15.7. The van der Waals surface area contributed by atoms with Crippen LogP contribution in [0.25, 0.3) is 0 Å². The van der Waals surface area contributed by atoms with Crippen LogP contribution < -0.4 is 5.32 Å². The SMILES string of the molecule is CCCNCC1(CN2CC3CCC(O)C3C2)CCCOC1. The molecule has 4 unspecified atom stereocenters. The first-order chi connectivity index (χ1) is 10.2. The Morgan fingerprint density at radius 3 is 2.95 bits per heavy atom. The van der Waals surface area contributed by atoms with Gasteiger partial charge in [-0.25, -0.2) is 0 Å². The monoisotopic (exact) mass is 296 g/mol. The Hall–Kier alpha value is -0.160. The van der Waals surface area contributed by atoms with Gasteiger partial charge in [-0.05, 0) is 44.6 Å². The molecule has 3 fully saturated rings. The number of rotatable bonds is 6. The summed E-state index contributed by atoms with van der Waals surface area (Å²) in [4.78, 5) is 2.61. The normalized spacial score (nSPS) is 40.6. The number of hydrogen-bond donors (Lipinski definition) is 2. The van der Waals surface area contributed by atoms with Crippen molar-refractivity contribution in [2.24, 2.45) is 17.3 Å². The Balaban J connectivity index is 1.57. The van der Waals surface area contributed by atoms with E-state index in [-0.39, 0.29) is 11.5 Å². The molecule has 0 aromatic heterocycles. The van der Waals surface area contributed by atoms with Crippen LogP contribution in [-0.4, -0.2) is 62.0 Å². The third kappa shape index (κ3) is 3.61. The molecule has 2 aliphatic heterocycles. The zero-order valence-electron chi connectivity index (χ0n) is 13.5. The van der Waals surface area contributed by atoms with Crippen molar-refractivity contribution >= 4 is 0 Å². The van der Waals surface area contributed by atoms with Crippen molar-refractivity contribution in [1.29, 1.82) is 0 Å². The lowest BCUT2D eigenvalue weighted by molar-refractivity contribution is -0.0247. The Bertz CT molecular complexity index is 331. The number of aliphatic hydroxyl groups is 1. The molecule has 4 nitrogen and oxygen atoms in total. The van der Waals surface area contributed by atoms with Crippen molar-refractivity contribution in [1.82, 2.24) is 10.2 Å². The Morgan fingerprint density at radius 2 is 2.24 bits per heavy atom. The summed E-state index contributed by atoms with van der Waals surface area (Å²) in [5.74, 6) is 1.28. The van der Waals surface area contributed by atoms with Gasteiger partial charge in [-0.15, -0.1) is 0 Å². The topological polar surface area (TPSA) is 44.7 Å². The van der Waals surface area contributed by atoms with Gasteiger partial charge < -0.3 is 20.1 Å². The number of fused-ring (bicyclic) bond motifs is 1. The van der Waals surface area contributed by atoms with E-state index in [9.17, 15) is 5.11 Å². The van der Waals surface area contributed by atoms with E-state index in [1.807, 2.05) is 0 Å². The number of nitrogens with zero attached hydrogens (tertiary/aromatic N) is 1. The predicted molar refractivity (Wildman–Crippen MR) is 84.3 cm³/mol. The summed E-state index contributed by atoms with van der Waals surface area (Å²) in [6, 6.07) is 0. The van der Waals surface area contributed by atoms with Crippen LogP contribution in [0.4, 0.5) is 0 Å². The van der Waals surface area contributed by atoms with E-state index in [1.54, 1.807) is 0 Å². The van der Waals surface area contributed by atoms with Crippen LogP contribution >= 0.6 is 0 Å². The molecule has 4 heteroatoms. The van der Waals surface area contributed by atoms with E-state index < -0.39 is 0 Å². The van der Waals surface area contributed by atoms with Gasteiger partial charge in [0, 0.05) is 44.1 Å². The molecule has 2 saturated heterocycles. The molecule has 0 spiro atoms. The molecular formula is C17H32N2O2. The summed E-state index contributed by atoms with van der Waals surface area (Å²) in [5.41, 5.74) is 0.289. The lowest BCUT2D eigenvalue weighted by Crippen LogP contribution is -2.49. The van der Waals surface area contributed by atoms with Crippen molar-refractivity contribution < 1.29 is 9.84 Å². The van der Waals surface area contributed by atoms with Crippen LogP contribution in [0.1, 0.15) is 39.0 Å². The summed E-state index contributed by atoms with van der Waals surface area (Å²) in [7, 11) is 0. The zero-order chi connectivity index (χ0) is 14.7. The number of nitrogens with one attached hydrogen (secondary N) is 1. The molecule has 21 heavy (non-hydrogen) atoms. The van der Waals surface area contributed by atoms with Gasteiger partial charge in [-0.1, -0.05) is 6.92 Å². The molecular weight excluding hydrogens is 264 g/mol. The second kappa shape index (κ2) is 6.95. The van der Waals surface area contributed by atoms with Crippen LogP contribution in [0.2, 0.25) is 0 Å². The smallest absolute Gasteiger partial charge is 0.0583 e. The lowest BCUT2D eigenvalue weighted by Gasteiger charge is -2.40. The maximum absolute atomic E-state index is 10.1. The molecule has 2 heterocycles. The van der Waals surface area contributed by atoms with E-state index >= 15 is 0 Å². The maximum Gasteiger partial charge on any atom is 0.0583 e. The first-order valence-electron chi connectivity index (χ1n) is 8.91. The maximum atomic E-state index is 10.1. The van der Waals surface area contributed by atoms with Gasteiger partial charge in [-0.2, -0.15) is 0 Å². The summed E-state index contributed by atoms with van der Waals surface area (Å²) in [6.45, 7) is 9.67. The fraction of sp³-hybridized carbons (Fsp3) is 1.00. The van der Waals surface area contributed by atoms with Crippen molar-refractivity contribution in [3.05, 3.63) is 0 Å². The number of likely N-dealkylation sites (tertiary alicyclic amines) is 1. The highest BCUT2D eigenvalue weighted by Crippen LogP contribution is 2.40. The molecule has 3 aliphatic rings. The highest BCUT2D eigenvalue weighted by molar-refractivity contribution is 4.96. The van der Waals surface area contributed by atoms with Crippen molar-refractivity contribution in [3.63, 3.8) is 0 Å². The lowest BCUT2D eigenvalue weighted by atomic mass is 9.81. The Morgan fingerprint density at radius 1 is 1.33 bits per heavy atom. The van der Waals surface area contributed by atoms with Crippen LogP contribution in [0.15, 0.2) is 0 Å². The standard InChI is InChI=1S/C17H32N2O2/c1-2-7-18-11-17(6-3-8-21-13-17)12-19-9-14-4-5-16(20)15(14)10-19/h14-16,18,20H,2-13H2,1H3. The number of ether oxygens (including phenoxy) is 1. The van der Waals surface area contributed by atoms with Gasteiger partial charge in [0.15, 0.2) is 0 Å². The molecule has 0 aromatic rings. The van der Waals surface area contributed by atoms with Crippen molar-refractivity contribution in [3.8, 4) is 0 Å². The minimum absolute atomic E-state index is 0.0447. The fourth-order valence-electron chi connectivity index (χ4n) is 4.69. The number of hydrogen-bond acceptors (Lipinski definition) is 4. The van der Waals surface area contributed by atoms with Crippen LogP contribution in [0.3, 0.4) is 0 Å². The van der Waals surface area contributed by atoms with Gasteiger partial charge >= 0.3 is 0 Å². The summed E-state index contributed by atoms with van der Waals surface area (Å²) in [5, 5.41) is 13.7. The minimum Gasteiger partial charge on any atom is -0.393 e. The van der Waals surface area contributed by atoms with Crippen LogP contribution in [0.5, 0.6) is 0 Å². The molecule has 1 saturated carbocycles. The van der Waals surface area contributed by atoms with E-state index in [2.05, 4.69) is 17.1 Å². The summed E-state index contributed by atoms with van der Waals surface area (Å²) < 4.78 is 5.83. The third-order valence-corrected chi connectivity index (χ3v) is 5.78. The van der Waals surface area contributed by atoms with Gasteiger partial charge in [0.25, 0.3) is 0 Å². The average Bonchev–Trinajstić information content (AvgIpc) is 3.02. The van der Waals surface area contributed by atoms with Crippen molar-refractivity contribution in [2.75, 3.05) is 45.9 Å². The molecule has 0 radical (unpaired) electrons. The highest BCUT2D eigenvalue weighted by atomic mass is 16.5. The first-order valence-corrected chi connectivity index (χ1v) is 8.91. The summed E-state index contributed by atoms with van der Waals surface area (Å²) in [6.07, 6.45) is 5.86. The largest absolute Gasteiger partial charge is 0.393 e. The number of aliphatic hydroxyl groups excluding tert-OH is 1. The van der Waals surface area contributed by atoms with Gasteiger partial charge in [0.1, 0.15) is 0 Å². The second-order valence-corrected chi connectivity index (χ2v) is 7.60. The predicted octanol–water partition coefficient (Wildman–Crippen LogP) is 1.49. The molecule has 0 bridgehead atoms. The Kier molecular flexibility index (Phi) is 5.20. The third-order valence-electron chi connectivity index (χ3n) is 5.78. The zero-order valence-corrected chi connectivity index (χ0v) is 13.5. The Labute approximate surface area is 129 Å². The molecule has 0 amide bonds. The molecule has 4 atom stereocenters. The second-order valence-electron chi connectivity index (χ2n) is 7.60. The molecule has 122 valence electrons. The molecule has 1 aliphatic carbocycles. The van der Waals surface area contributed by atoms with E-state index in [4.69, 9.17) is 4.74 Å². The highest BCUT2D eigenvalue weighted by Gasteiger charge is 2.44. The minimum atomic E-state index is -0.0447. The molecule has 2 N–H and O–H groups in total. The molecule has 0 aromatic carbocycles.